The van der Waals surface area contributed by atoms with Crippen LogP contribution in [0.2, 0.25) is 0 Å². The summed E-state index contributed by atoms with van der Waals surface area (Å²) in [6, 6.07) is 10.3. The molecule has 1 aliphatic carbocycles. The van der Waals surface area contributed by atoms with Crippen molar-refractivity contribution in [3.05, 3.63) is 59.1 Å². The van der Waals surface area contributed by atoms with Crippen LogP contribution in [0.25, 0.3) is 5.65 Å². The van der Waals surface area contributed by atoms with Gasteiger partial charge in [-0.1, -0.05) is 6.07 Å². The highest BCUT2D eigenvalue weighted by Crippen LogP contribution is 2.22. The summed E-state index contributed by atoms with van der Waals surface area (Å²) in [5.41, 5.74) is 0.236. The van der Waals surface area contributed by atoms with Crippen molar-refractivity contribution in [2.24, 2.45) is 0 Å². The SMILES string of the molecule is O=c1n(CCCNS(=O)(=O)c2ccc(S(=O)(=O)NC3CC3)cc2)nc2ccccn12. The van der Waals surface area contributed by atoms with Crippen molar-refractivity contribution in [3.8, 4) is 0 Å². The van der Waals surface area contributed by atoms with Gasteiger partial charge in [-0.25, -0.2) is 35.8 Å². The predicted octanol–water partition coefficient (Wildman–Crippen LogP) is 0.305. The third-order valence-corrected chi connectivity index (χ3v) is 7.68. The van der Waals surface area contributed by atoms with Crippen LogP contribution in [0, 0.1) is 0 Å². The Labute approximate surface area is 173 Å². The molecule has 2 aromatic heterocycles. The predicted molar refractivity (Wildman–Crippen MR) is 109 cm³/mol. The first-order valence-electron chi connectivity index (χ1n) is 9.42. The highest BCUT2D eigenvalue weighted by molar-refractivity contribution is 7.90. The van der Waals surface area contributed by atoms with E-state index < -0.39 is 20.0 Å². The molecule has 12 heteroatoms. The second-order valence-corrected chi connectivity index (χ2v) is 10.5. The molecule has 0 spiro atoms. The minimum atomic E-state index is -3.80. The summed E-state index contributed by atoms with van der Waals surface area (Å²) in [4.78, 5) is 12.2. The fraction of sp³-hybridized carbons (Fsp3) is 0.333. The minimum absolute atomic E-state index is 0.0273. The first kappa shape index (κ1) is 20.7. The molecule has 4 rings (SSSR count). The van der Waals surface area contributed by atoms with Crippen LogP contribution in [0.1, 0.15) is 19.3 Å². The smallest absolute Gasteiger partial charge is 0.250 e. The molecular formula is C18H21N5O5S2. The number of aromatic nitrogens is 3. The molecule has 1 aromatic carbocycles. The average molecular weight is 452 g/mol. The van der Waals surface area contributed by atoms with Gasteiger partial charge in [0.1, 0.15) is 0 Å². The van der Waals surface area contributed by atoms with Gasteiger partial charge >= 0.3 is 5.69 Å². The van der Waals surface area contributed by atoms with E-state index in [0.29, 0.717) is 12.1 Å². The molecule has 3 aromatic rings. The number of fused-ring (bicyclic) bond motifs is 1. The standard InChI is InChI=1S/C18H21N5O5S2/c24-18-22-12-2-1-4-17(22)20-23(18)13-3-11-19-29(25,26)15-7-9-16(10-8-15)30(27,28)21-14-5-6-14/h1-2,4,7-10,12,14,19,21H,3,5-6,11,13H2. The molecule has 30 heavy (non-hydrogen) atoms. The second-order valence-electron chi connectivity index (χ2n) is 7.05. The van der Waals surface area contributed by atoms with Gasteiger partial charge in [0.15, 0.2) is 5.65 Å². The molecule has 0 radical (unpaired) electrons. The quantitative estimate of drug-likeness (QED) is 0.450. The molecule has 0 bridgehead atoms. The highest BCUT2D eigenvalue weighted by Gasteiger charge is 2.28. The molecule has 2 heterocycles. The molecule has 1 saturated carbocycles. The third-order valence-electron chi connectivity index (χ3n) is 4.67. The van der Waals surface area contributed by atoms with E-state index in [1.807, 2.05) is 0 Å². The lowest BCUT2D eigenvalue weighted by molar-refractivity contribution is 0.543. The van der Waals surface area contributed by atoms with Crippen LogP contribution < -0.4 is 15.1 Å². The maximum Gasteiger partial charge on any atom is 0.350 e. The molecule has 0 saturated heterocycles. The molecule has 1 aliphatic rings. The Balaban J connectivity index is 1.35. The second kappa shape index (κ2) is 7.95. The van der Waals surface area contributed by atoms with E-state index in [0.717, 1.165) is 12.8 Å². The average Bonchev–Trinajstić information content (AvgIpc) is 3.47. The summed E-state index contributed by atoms with van der Waals surface area (Å²) < 4.78 is 56.9. The molecule has 2 N–H and O–H groups in total. The van der Waals surface area contributed by atoms with Gasteiger partial charge in [0.25, 0.3) is 0 Å². The molecule has 0 amide bonds. The molecule has 0 atom stereocenters. The molecule has 160 valence electrons. The number of hydrogen-bond donors (Lipinski definition) is 2. The van der Waals surface area contributed by atoms with Crippen LogP contribution >= 0.6 is 0 Å². The lowest BCUT2D eigenvalue weighted by atomic mass is 10.4. The zero-order valence-electron chi connectivity index (χ0n) is 15.9. The zero-order chi connectivity index (χ0) is 21.4. The zero-order valence-corrected chi connectivity index (χ0v) is 17.6. The van der Waals surface area contributed by atoms with E-state index in [4.69, 9.17) is 0 Å². The lowest BCUT2D eigenvalue weighted by Crippen LogP contribution is -2.28. The monoisotopic (exact) mass is 451 g/mol. The summed E-state index contributed by atoms with van der Waals surface area (Å²) in [6.07, 6.45) is 3.61. The van der Waals surface area contributed by atoms with Crippen molar-refractivity contribution in [1.29, 1.82) is 0 Å². The van der Waals surface area contributed by atoms with E-state index in [1.165, 1.54) is 33.3 Å². The van der Waals surface area contributed by atoms with Gasteiger partial charge in [0.05, 0.1) is 9.79 Å². The first-order valence-corrected chi connectivity index (χ1v) is 12.4. The number of rotatable bonds is 9. The van der Waals surface area contributed by atoms with E-state index in [1.54, 1.807) is 24.4 Å². The Morgan fingerprint density at radius 3 is 2.27 bits per heavy atom. The van der Waals surface area contributed by atoms with Crippen LogP contribution in [0.5, 0.6) is 0 Å². The number of nitrogens with one attached hydrogen (secondary N) is 2. The Morgan fingerprint density at radius 2 is 1.63 bits per heavy atom. The Kier molecular flexibility index (Phi) is 5.49. The maximum absolute atomic E-state index is 12.4. The number of nitrogens with zero attached hydrogens (tertiary/aromatic N) is 3. The van der Waals surface area contributed by atoms with Crippen LogP contribution in [-0.4, -0.2) is 43.6 Å². The molecular weight excluding hydrogens is 430 g/mol. The van der Waals surface area contributed by atoms with Crippen molar-refractivity contribution in [1.82, 2.24) is 23.6 Å². The normalized spacial score (nSPS) is 14.9. The lowest BCUT2D eigenvalue weighted by Gasteiger charge is -2.09. The number of hydrogen-bond acceptors (Lipinski definition) is 6. The topological polar surface area (TPSA) is 132 Å². The van der Waals surface area contributed by atoms with E-state index in [2.05, 4.69) is 14.5 Å². The third kappa shape index (κ3) is 4.46. The van der Waals surface area contributed by atoms with Gasteiger partial charge in [0.2, 0.25) is 20.0 Å². The largest absolute Gasteiger partial charge is 0.350 e. The van der Waals surface area contributed by atoms with Gasteiger partial charge in [0, 0.05) is 25.3 Å². The highest BCUT2D eigenvalue weighted by atomic mass is 32.2. The van der Waals surface area contributed by atoms with Gasteiger partial charge in [-0.3, -0.25) is 4.40 Å². The van der Waals surface area contributed by atoms with Crippen LogP contribution in [0.3, 0.4) is 0 Å². The fourth-order valence-corrected chi connectivity index (χ4v) is 5.30. The molecule has 0 aliphatic heterocycles. The van der Waals surface area contributed by atoms with Crippen LogP contribution in [0.4, 0.5) is 0 Å². The van der Waals surface area contributed by atoms with Crippen molar-refractivity contribution in [2.75, 3.05) is 6.54 Å². The number of aryl methyl sites for hydroxylation is 1. The van der Waals surface area contributed by atoms with Crippen molar-refractivity contribution >= 4 is 25.7 Å². The first-order chi connectivity index (χ1) is 14.3. The van der Waals surface area contributed by atoms with Gasteiger partial charge < -0.3 is 0 Å². The number of benzene rings is 1. The van der Waals surface area contributed by atoms with Gasteiger partial charge in [-0.05, 0) is 55.7 Å². The van der Waals surface area contributed by atoms with Gasteiger partial charge in [-0.2, -0.15) is 0 Å². The van der Waals surface area contributed by atoms with E-state index >= 15 is 0 Å². The number of sulfonamides is 2. The number of pyridine rings is 1. The minimum Gasteiger partial charge on any atom is -0.250 e. The Hall–Kier alpha value is -2.54. The van der Waals surface area contributed by atoms with E-state index in [9.17, 15) is 21.6 Å². The van der Waals surface area contributed by atoms with Crippen LogP contribution in [-0.2, 0) is 26.6 Å². The Morgan fingerprint density at radius 1 is 0.967 bits per heavy atom. The summed E-state index contributed by atoms with van der Waals surface area (Å²) >= 11 is 0. The summed E-state index contributed by atoms with van der Waals surface area (Å²) in [6.45, 7) is 0.360. The Bertz CT molecular complexity index is 1320. The molecule has 0 unspecified atom stereocenters. The summed E-state index contributed by atoms with van der Waals surface area (Å²) in [5, 5.41) is 4.19. The van der Waals surface area contributed by atoms with E-state index in [-0.39, 0.29) is 34.6 Å². The fourth-order valence-electron chi connectivity index (χ4n) is 2.92. The van der Waals surface area contributed by atoms with Crippen LogP contribution in [0.15, 0.2) is 63.2 Å². The van der Waals surface area contributed by atoms with Crippen molar-refractivity contribution < 1.29 is 16.8 Å². The molecule has 10 nitrogen and oxygen atoms in total. The molecule has 1 fully saturated rings. The van der Waals surface area contributed by atoms with Crippen molar-refractivity contribution in [3.63, 3.8) is 0 Å². The van der Waals surface area contributed by atoms with Gasteiger partial charge in [-0.15, -0.1) is 5.10 Å². The maximum atomic E-state index is 12.4. The summed E-state index contributed by atoms with van der Waals surface area (Å²) in [5.74, 6) is 0. The summed E-state index contributed by atoms with van der Waals surface area (Å²) in [7, 11) is -7.43. The van der Waals surface area contributed by atoms with Crippen molar-refractivity contribution in [2.45, 2.75) is 41.6 Å².